The number of aliphatic hydroxyl groups excluding tert-OH is 1. The molecule has 1 saturated heterocycles. The largest absolute Gasteiger partial charge is 0.384 e. The van der Waals surface area contributed by atoms with Gasteiger partial charge in [-0.15, -0.1) is 5.10 Å². The van der Waals surface area contributed by atoms with E-state index in [1.165, 1.54) is 24.4 Å². The average Bonchev–Trinajstić information content (AvgIpc) is 3.61. The summed E-state index contributed by atoms with van der Waals surface area (Å²) >= 11 is 0. The van der Waals surface area contributed by atoms with Gasteiger partial charge in [-0.05, 0) is 64.0 Å². The van der Waals surface area contributed by atoms with Crippen LogP contribution < -0.4 is 9.80 Å². The first kappa shape index (κ1) is 31.0. The second-order valence-electron chi connectivity index (χ2n) is 11.0. The molecule has 1 fully saturated rings. The van der Waals surface area contributed by atoms with Crippen molar-refractivity contribution in [2.24, 2.45) is 0 Å². The zero-order valence-corrected chi connectivity index (χ0v) is 24.5. The molecule has 0 amide bonds. The standard InChI is InChI=1S/C32H30F4N8O2/c33-17-29(45)28-10-9-27(19-37-28)43-14-12-42(13-15-43)26-7-4-22(5-8-26)23-6-11-30(38-18-23)32(35,36)31(46,20-44-21-39-40-41-44)24-2-1-3-25(34)16-24/h1-11,16,18-19,21,29,45-46H,12-15,17,20H2. The van der Waals surface area contributed by atoms with Crippen molar-refractivity contribution in [1.82, 2.24) is 30.2 Å². The Labute approximate surface area is 261 Å². The van der Waals surface area contributed by atoms with Crippen molar-refractivity contribution in [3.63, 3.8) is 0 Å². The third-order valence-electron chi connectivity index (χ3n) is 8.16. The highest BCUT2D eigenvalue weighted by Crippen LogP contribution is 2.46. The highest BCUT2D eigenvalue weighted by molar-refractivity contribution is 5.66. The van der Waals surface area contributed by atoms with Crippen LogP contribution in [0, 0.1) is 5.82 Å². The molecule has 1 aliphatic heterocycles. The van der Waals surface area contributed by atoms with Crippen LogP contribution >= 0.6 is 0 Å². The summed E-state index contributed by atoms with van der Waals surface area (Å²) in [6.07, 6.45) is 2.82. The number of hydrogen-bond donors (Lipinski definition) is 2. The van der Waals surface area contributed by atoms with E-state index >= 15 is 8.78 Å². The van der Waals surface area contributed by atoms with E-state index in [0.29, 0.717) is 11.3 Å². The molecule has 4 heterocycles. The zero-order chi connectivity index (χ0) is 32.3. The van der Waals surface area contributed by atoms with Crippen molar-refractivity contribution in [1.29, 1.82) is 0 Å². The van der Waals surface area contributed by atoms with E-state index in [-0.39, 0.29) is 5.56 Å². The third-order valence-corrected chi connectivity index (χ3v) is 8.16. The Bertz CT molecular complexity index is 1730. The third kappa shape index (κ3) is 6.13. The van der Waals surface area contributed by atoms with Gasteiger partial charge in [-0.1, -0.05) is 30.3 Å². The topological polar surface area (TPSA) is 116 Å². The van der Waals surface area contributed by atoms with Gasteiger partial charge >= 0.3 is 5.92 Å². The quantitative estimate of drug-likeness (QED) is 0.217. The van der Waals surface area contributed by atoms with Gasteiger partial charge in [0, 0.05) is 43.6 Å². The highest BCUT2D eigenvalue weighted by atomic mass is 19.3. The number of benzene rings is 2. The molecule has 5 aromatic rings. The minimum atomic E-state index is -3.95. The number of halogens is 4. The maximum atomic E-state index is 16.1. The summed E-state index contributed by atoms with van der Waals surface area (Å²) < 4.78 is 59.8. The van der Waals surface area contributed by atoms with E-state index < -0.39 is 42.4 Å². The zero-order valence-electron chi connectivity index (χ0n) is 24.5. The molecule has 238 valence electrons. The molecule has 0 bridgehead atoms. The normalized spacial score (nSPS) is 15.9. The van der Waals surface area contributed by atoms with Crippen LogP contribution in [-0.4, -0.2) is 73.2 Å². The number of tetrazole rings is 1. The number of aliphatic hydroxyl groups is 2. The maximum absolute atomic E-state index is 16.1. The Kier molecular flexibility index (Phi) is 8.65. The number of piperazine rings is 1. The molecular weight excluding hydrogens is 604 g/mol. The van der Waals surface area contributed by atoms with Crippen LogP contribution in [0.1, 0.15) is 23.1 Å². The van der Waals surface area contributed by atoms with Crippen LogP contribution in [0.2, 0.25) is 0 Å². The van der Waals surface area contributed by atoms with Crippen molar-refractivity contribution in [3.8, 4) is 11.1 Å². The van der Waals surface area contributed by atoms with E-state index in [2.05, 4.69) is 35.3 Å². The molecule has 14 heteroatoms. The number of rotatable bonds is 10. The molecule has 0 saturated carbocycles. The first-order chi connectivity index (χ1) is 22.2. The van der Waals surface area contributed by atoms with Gasteiger partial charge in [0.05, 0.1) is 24.1 Å². The Morgan fingerprint density at radius 3 is 2.11 bits per heavy atom. The second kappa shape index (κ2) is 12.8. The van der Waals surface area contributed by atoms with E-state index in [1.807, 2.05) is 30.3 Å². The van der Waals surface area contributed by atoms with Crippen molar-refractivity contribution < 1.29 is 27.8 Å². The molecule has 46 heavy (non-hydrogen) atoms. The van der Waals surface area contributed by atoms with Crippen LogP contribution in [0.4, 0.5) is 28.9 Å². The average molecular weight is 635 g/mol. The molecule has 0 spiro atoms. The number of alkyl halides is 3. The number of anilines is 2. The van der Waals surface area contributed by atoms with E-state index in [9.17, 15) is 19.0 Å². The van der Waals surface area contributed by atoms with Crippen LogP contribution in [0.25, 0.3) is 11.1 Å². The fourth-order valence-corrected chi connectivity index (χ4v) is 5.52. The first-order valence-electron chi connectivity index (χ1n) is 14.5. The molecule has 6 rings (SSSR count). The maximum Gasteiger partial charge on any atom is 0.323 e. The summed E-state index contributed by atoms with van der Waals surface area (Å²) in [4.78, 5) is 12.6. The SMILES string of the molecule is OC(CF)c1ccc(N2CCN(c3ccc(-c4ccc(C(F)(F)C(O)(Cn5cnnn5)c5cccc(F)c5)nc4)cc3)CC2)cn1. The summed E-state index contributed by atoms with van der Waals surface area (Å²) in [5.74, 6) is -4.73. The molecule has 2 atom stereocenters. The summed E-state index contributed by atoms with van der Waals surface area (Å²) in [7, 11) is 0. The molecule has 2 N–H and O–H groups in total. The fourth-order valence-electron chi connectivity index (χ4n) is 5.52. The van der Waals surface area contributed by atoms with Crippen molar-refractivity contribution in [2.45, 2.75) is 24.2 Å². The Morgan fingerprint density at radius 2 is 1.52 bits per heavy atom. The second-order valence-corrected chi connectivity index (χ2v) is 11.0. The van der Waals surface area contributed by atoms with Gasteiger partial charge in [0.25, 0.3) is 0 Å². The van der Waals surface area contributed by atoms with Gasteiger partial charge < -0.3 is 20.0 Å². The molecule has 2 aromatic carbocycles. The molecule has 0 radical (unpaired) electrons. The predicted molar refractivity (Wildman–Crippen MR) is 161 cm³/mol. The minimum absolute atomic E-state index is 0.301. The lowest BCUT2D eigenvalue weighted by atomic mass is 9.85. The molecule has 1 aliphatic rings. The Balaban J connectivity index is 1.14. The summed E-state index contributed by atoms with van der Waals surface area (Å²) in [6, 6.07) is 18.2. The van der Waals surface area contributed by atoms with Crippen molar-refractivity contribution in [3.05, 3.63) is 114 Å². The minimum Gasteiger partial charge on any atom is -0.384 e. The number of nitrogens with zero attached hydrogens (tertiary/aromatic N) is 8. The predicted octanol–water partition coefficient (Wildman–Crippen LogP) is 4.28. The van der Waals surface area contributed by atoms with E-state index in [0.717, 1.165) is 72.3 Å². The monoisotopic (exact) mass is 634 g/mol. The van der Waals surface area contributed by atoms with Gasteiger partial charge in [-0.25, -0.2) is 13.5 Å². The lowest BCUT2D eigenvalue weighted by Gasteiger charge is -2.37. The van der Waals surface area contributed by atoms with Gasteiger partial charge in [0.15, 0.2) is 5.60 Å². The summed E-state index contributed by atoms with van der Waals surface area (Å²) in [5, 5.41) is 31.5. The molecule has 2 unspecified atom stereocenters. The number of pyridine rings is 2. The molecule has 3 aromatic heterocycles. The van der Waals surface area contributed by atoms with Gasteiger partial charge in [-0.2, -0.15) is 8.78 Å². The van der Waals surface area contributed by atoms with E-state index in [1.54, 1.807) is 12.3 Å². The Morgan fingerprint density at radius 1 is 0.826 bits per heavy atom. The number of hydrogen-bond acceptors (Lipinski definition) is 9. The fraction of sp³-hybridized carbons (Fsp3) is 0.281. The highest BCUT2D eigenvalue weighted by Gasteiger charge is 2.57. The van der Waals surface area contributed by atoms with Gasteiger partial charge in [0.2, 0.25) is 0 Å². The van der Waals surface area contributed by atoms with Gasteiger partial charge in [-0.3, -0.25) is 9.97 Å². The van der Waals surface area contributed by atoms with Crippen LogP contribution in [0.5, 0.6) is 0 Å². The van der Waals surface area contributed by atoms with Crippen molar-refractivity contribution in [2.75, 3.05) is 42.7 Å². The van der Waals surface area contributed by atoms with Crippen LogP contribution in [0.15, 0.2) is 91.5 Å². The lowest BCUT2D eigenvalue weighted by Crippen LogP contribution is -2.47. The van der Waals surface area contributed by atoms with Crippen molar-refractivity contribution >= 4 is 11.4 Å². The molecule has 0 aliphatic carbocycles. The summed E-state index contributed by atoms with van der Waals surface area (Å²) in [5.41, 5.74) is -0.400. The number of aromatic nitrogens is 6. The van der Waals surface area contributed by atoms with E-state index in [4.69, 9.17) is 0 Å². The molecular formula is C32H30F4N8O2. The molecule has 10 nitrogen and oxygen atoms in total. The lowest BCUT2D eigenvalue weighted by molar-refractivity contribution is -0.206. The Hall–Kier alpha value is -4.95. The first-order valence-corrected chi connectivity index (χ1v) is 14.5. The van der Waals surface area contributed by atoms with Crippen LogP contribution in [0.3, 0.4) is 0 Å². The van der Waals surface area contributed by atoms with Gasteiger partial charge in [0.1, 0.15) is 30.6 Å². The van der Waals surface area contributed by atoms with Crippen LogP contribution in [-0.2, 0) is 18.1 Å². The smallest absolute Gasteiger partial charge is 0.323 e. The summed E-state index contributed by atoms with van der Waals surface area (Å²) in [6.45, 7) is 1.35.